The lowest BCUT2D eigenvalue weighted by Crippen LogP contribution is -2.25. The summed E-state index contributed by atoms with van der Waals surface area (Å²) in [6, 6.07) is 0. The fraction of sp³-hybridized carbons (Fsp3) is 0.846. The predicted octanol–water partition coefficient (Wildman–Crippen LogP) is 2.65. The molecule has 92 valence electrons. The minimum atomic E-state index is -0.104. The van der Waals surface area contributed by atoms with Crippen LogP contribution in [0.5, 0.6) is 0 Å². The molecule has 0 saturated carbocycles. The van der Waals surface area contributed by atoms with Crippen LogP contribution in [0.1, 0.15) is 58.8 Å². The fourth-order valence-electron chi connectivity index (χ4n) is 2.30. The van der Waals surface area contributed by atoms with Gasteiger partial charge in [-0.2, -0.15) is 0 Å². The molecule has 2 unspecified atom stereocenters. The van der Waals surface area contributed by atoms with Crippen LogP contribution in [0, 0.1) is 11.8 Å². The molecule has 0 aromatic carbocycles. The van der Waals surface area contributed by atoms with Crippen LogP contribution in [0.2, 0.25) is 0 Å². The number of unbranched alkanes of at least 4 members (excludes halogenated alkanes) is 4. The highest BCUT2D eigenvalue weighted by Gasteiger charge is 2.34. The lowest BCUT2D eigenvalue weighted by Gasteiger charge is -2.15. The molecule has 2 amide bonds. The molecule has 1 heterocycles. The highest BCUT2D eigenvalue weighted by molar-refractivity contribution is 6.03. The summed E-state index contributed by atoms with van der Waals surface area (Å²) in [5, 5.41) is 2.38. The van der Waals surface area contributed by atoms with E-state index in [1.807, 2.05) is 0 Å². The third kappa shape index (κ3) is 3.95. The molecule has 0 aromatic heterocycles. The van der Waals surface area contributed by atoms with E-state index >= 15 is 0 Å². The van der Waals surface area contributed by atoms with Crippen LogP contribution in [-0.2, 0) is 9.59 Å². The minimum Gasteiger partial charge on any atom is -0.296 e. The minimum absolute atomic E-state index is 0.0638. The lowest BCUT2D eigenvalue weighted by atomic mass is 9.88. The molecule has 0 aromatic rings. The van der Waals surface area contributed by atoms with Gasteiger partial charge in [0.25, 0.3) is 0 Å². The Balaban J connectivity index is 2.17. The summed E-state index contributed by atoms with van der Waals surface area (Å²) in [5.74, 6) is 0.102. The standard InChI is InChI=1S/C13H23NO2/c1-3-4-5-6-7-8-10(2)11-9-12(15)14-13(11)16/h10-11H,3-9H2,1-2H3,(H,14,15,16). The predicted molar refractivity (Wildman–Crippen MR) is 63.8 cm³/mol. The SMILES string of the molecule is CCCCCCCC(C)C1CC(=O)NC1=O. The Hall–Kier alpha value is -0.860. The van der Waals surface area contributed by atoms with Gasteiger partial charge in [-0.15, -0.1) is 0 Å². The van der Waals surface area contributed by atoms with Gasteiger partial charge in [0.15, 0.2) is 0 Å². The first-order valence-corrected chi connectivity index (χ1v) is 6.48. The van der Waals surface area contributed by atoms with Crippen molar-refractivity contribution in [1.29, 1.82) is 0 Å². The Morgan fingerprint density at radius 1 is 1.25 bits per heavy atom. The fourth-order valence-corrected chi connectivity index (χ4v) is 2.30. The third-order valence-corrected chi connectivity index (χ3v) is 3.45. The van der Waals surface area contributed by atoms with Crippen molar-refractivity contribution in [2.45, 2.75) is 58.8 Å². The van der Waals surface area contributed by atoms with E-state index in [9.17, 15) is 9.59 Å². The third-order valence-electron chi connectivity index (χ3n) is 3.45. The zero-order chi connectivity index (χ0) is 12.0. The first-order valence-electron chi connectivity index (χ1n) is 6.48. The van der Waals surface area contributed by atoms with Crippen LogP contribution in [0.15, 0.2) is 0 Å². The van der Waals surface area contributed by atoms with Crippen LogP contribution in [0.4, 0.5) is 0 Å². The quantitative estimate of drug-likeness (QED) is 0.535. The molecule has 1 N–H and O–H groups in total. The monoisotopic (exact) mass is 225 g/mol. The largest absolute Gasteiger partial charge is 0.296 e. The van der Waals surface area contributed by atoms with Gasteiger partial charge < -0.3 is 0 Å². The average molecular weight is 225 g/mol. The van der Waals surface area contributed by atoms with Crippen molar-refractivity contribution in [3.8, 4) is 0 Å². The van der Waals surface area contributed by atoms with Gasteiger partial charge in [-0.05, 0) is 12.3 Å². The van der Waals surface area contributed by atoms with Gasteiger partial charge in [0.05, 0.1) is 0 Å². The van der Waals surface area contributed by atoms with Crippen LogP contribution >= 0.6 is 0 Å². The van der Waals surface area contributed by atoms with E-state index in [0.29, 0.717) is 12.3 Å². The molecule has 0 aliphatic carbocycles. The van der Waals surface area contributed by atoms with Crippen molar-refractivity contribution in [2.75, 3.05) is 0 Å². The molecule has 0 spiro atoms. The summed E-state index contributed by atoms with van der Waals surface area (Å²) in [6.45, 7) is 4.29. The van der Waals surface area contributed by atoms with Crippen molar-refractivity contribution in [2.24, 2.45) is 11.8 Å². The molecular formula is C13H23NO2. The summed E-state index contributed by atoms with van der Waals surface area (Å²) >= 11 is 0. The van der Waals surface area contributed by atoms with E-state index in [0.717, 1.165) is 6.42 Å². The van der Waals surface area contributed by atoms with Crippen LogP contribution < -0.4 is 5.32 Å². The number of carbonyl (C=O) groups is 2. The summed E-state index contributed by atoms with van der Waals surface area (Å²) in [7, 11) is 0. The molecule has 3 heteroatoms. The van der Waals surface area contributed by atoms with Crippen LogP contribution in [-0.4, -0.2) is 11.8 Å². The first kappa shape index (κ1) is 13.2. The van der Waals surface area contributed by atoms with Gasteiger partial charge in [-0.3, -0.25) is 14.9 Å². The van der Waals surface area contributed by atoms with Crippen molar-refractivity contribution in [1.82, 2.24) is 5.32 Å². The number of carbonyl (C=O) groups excluding carboxylic acids is 2. The van der Waals surface area contributed by atoms with Crippen LogP contribution in [0.3, 0.4) is 0 Å². The van der Waals surface area contributed by atoms with E-state index in [1.54, 1.807) is 0 Å². The summed E-state index contributed by atoms with van der Waals surface area (Å²) in [5.41, 5.74) is 0. The second-order valence-electron chi connectivity index (χ2n) is 4.90. The van der Waals surface area contributed by atoms with Crippen molar-refractivity contribution < 1.29 is 9.59 Å². The Morgan fingerprint density at radius 3 is 2.50 bits per heavy atom. The van der Waals surface area contributed by atoms with Gasteiger partial charge in [-0.25, -0.2) is 0 Å². The first-order chi connectivity index (χ1) is 7.65. The van der Waals surface area contributed by atoms with E-state index in [1.165, 1.54) is 32.1 Å². The highest BCUT2D eigenvalue weighted by Crippen LogP contribution is 2.25. The number of rotatable bonds is 7. The summed E-state index contributed by atoms with van der Waals surface area (Å²) in [6.07, 6.45) is 7.74. The second-order valence-corrected chi connectivity index (χ2v) is 4.90. The van der Waals surface area contributed by atoms with E-state index in [-0.39, 0.29) is 17.7 Å². The molecular weight excluding hydrogens is 202 g/mol. The van der Waals surface area contributed by atoms with Gasteiger partial charge in [0.1, 0.15) is 0 Å². The van der Waals surface area contributed by atoms with E-state index in [2.05, 4.69) is 19.2 Å². The van der Waals surface area contributed by atoms with Gasteiger partial charge in [0, 0.05) is 12.3 Å². The van der Waals surface area contributed by atoms with Crippen molar-refractivity contribution in [3.05, 3.63) is 0 Å². The second kappa shape index (κ2) is 6.66. The Morgan fingerprint density at radius 2 is 1.94 bits per heavy atom. The maximum atomic E-state index is 11.4. The molecule has 1 aliphatic rings. The summed E-state index contributed by atoms with van der Waals surface area (Å²) < 4.78 is 0. The molecule has 0 radical (unpaired) electrons. The molecule has 1 fully saturated rings. The Labute approximate surface area is 98.0 Å². The topological polar surface area (TPSA) is 46.2 Å². The maximum absolute atomic E-state index is 11.4. The van der Waals surface area contributed by atoms with Crippen LogP contribution in [0.25, 0.3) is 0 Å². The Bertz CT molecular complexity index is 250. The van der Waals surface area contributed by atoms with Crippen molar-refractivity contribution >= 4 is 11.8 Å². The normalized spacial score (nSPS) is 22.2. The number of amides is 2. The van der Waals surface area contributed by atoms with Crippen molar-refractivity contribution in [3.63, 3.8) is 0 Å². The molecule has 2 atom stereocenters. The summed E-state index contributed by atoms with van der Waals surface area (Å²) in [4.78, 5) is 22.5. The number of nitrogens with one attached hydrogen (secondary N) is 1. The smallest absolute Gasteiger partial charge is 0.230 e. The van der Waals surface area contributed by atoms with Gasteiger partial charge >= 0.3 is 0 Å². The van der Waals surface area contributed by atoms with E-state index < -0.39 is 0 Å². The van der Waals surface area contributed by atoms with Gasteiger partial charge in [-0.1, -0.05) is 46.0 Å². The Kier molecular flexibility index (Phi) is 5.50. The maximum Gasteiger partial charge on any atom is 0.230 e. The molecule has 0 bridgehead atoms. The van der Waals surface area contributed by atoms with Gasteiger partial charge in [0.2, 0.25) is 11.8 Å². The molecule has 3 nitrogen and oxygen atoms in total. The molecule has 1 aliphatic heterocycles. The van der Waals surface area contributed by atoms with E-state index in [4.69, 9.17) is 0 Å². The molecule has 1 saturated heterocycles. The number of hydrogen-bond acceptors (Lipinski definition) is 2. The highest BCUT2D eigenvalue weighted by atomic mass is 16.2. The molecule has 1 rings (SSSR count). The zero-order valence-corrected chi connectivity index (χ0v) is 10.4. The average Bonchev–Trinajstić information content (AvgIpc) is 2.57. The lowest BCUT2D eigenvalue weighted by molar-refractivity contribution is -0.126. The number of imide groups is 1. The number of hydrogen-bond donors (Lipinski definition) is 1. The zero-order valence-electron chi connectivity index (χ0n) is 10.4. The molecule has 16 heavy (non-hydrogen) atoms.